The van der Waals surface area contributed by atoms with Crippen LogP contribution in [0.2, 0.25) is 0 Å². The molecule has 2 aromatic heterocycles. The van der Waals surface area contributed by atoms with Gasteiger partial charge in [-0.15, -0.1) is 0 Å². The molecule has 2 N–H and O–H groups in total. The fourth-order valence-electron chi connectivity index (χ4n) is 3.77. The molecule has 2 heterocycles. The van der Waals surface area contributed by atoms with Gasteiger partial charge in [-0.05, 0) is 31.4 Å². The molecular weight excluding hydrogens is 500 g/mol. The molecule has 1 aromatic carbocycles. The van der Waals surface area contributed by atoms with E-state index in [1.165, 1.54) is 23.7 Å². The Bertz CT molecular complexity index is 1250. The van der Waals surface area contributed by atoms with E-state index in [9.17, 15) is 14.4 Å². The van der Waals surface area contributed by atoms with Gasteiger partial charge in [-0.3, -0.25) is 14.4 Å². The summed E-state index contributed by atoms with van der Waals surface area (Å²) in [7, 11) is 0. The number of thioether (sulfide) groups is 1. The highest BCUT2D eigenvalue weighted by Gasteiger charge is 2.18. The number of unbranched alkanes of at least 4 members (excludes halogenated alkanes) is 3. The fraction of sp³-hybridized carbons (Fsp3) is 0.429. The number of benzene rings is 1. The molecule has 202 valence electrons. The van der Waals surface area contributed by atoms with Crippen LogP contribution >= 0.6 is 11.8 Å². The molecule has 38 heavy (non-hydrogen) atoms. The Balaban J connectivity index is 1.71. The Morgan fingerprint density at radius 3 is 2.50 bits per heavy atom. The lowest BCUT2D eigenvalue weighted by atomic mass is 10.1. The molecule has 0 saturated carbocycles. The van der Waals surface area contributed by atoms with Crippen LogP contribution in [0, 0.1) is 6.92 Å². The molecule has 0 unspecified atom stereocenters. The minimum absolute atomic E-state index is 0.0735. The summed E-state index contributed by atoms with van der Waals surface area (Å²) in [5.74, 6) is 0.0405. The van der Waals surface area contributed by atoms with Crippen LogP contribution in [0.5, 0.6) is 0 Å². The van der Waals surface area contributed by atoms with Crippen LogP contribution < -0.4 is 16.2 Å². The molecule has 0 aliphatic carbocycles. The van der Waals surface area contributed by atoms with Gasteiger partial charge in [0.05, 0.1) is 0 Å². The minimum atomic E-state index is -0.675. The first-order valence-electron chi connectivity index (χ1n) is 13.0. The van der Waals surface area contributed by atoms with Crippen LogP contribution in [0.25, 0.3) is 0 Å². The topological polar surface area (TPSA) is 119 Å². The SMILES string of the molecule is CCCCCCNC(=O)[C@H](C)NC(=O)Cn1cc(Cc2cncnc2)c(=O)nc1SCc1ccc(C)cc1. The highest BCUT2D eigenvalue weighted by atomic mass is 32.2. The second kappa shape index (κ2) is 15.0. The predicted molar refractivity (Wildman–Crippen MR) is 149 cm³/mol. The van der Waals surface area contributed by atoms with Gasteiger partial charge in [0.1, 0.15) is 18.9 Å². The van der Waals surface area contributed by atoms with Crippen LogP contribution in [-0.4, -0.2) is 43.9 Å². The van der Waals surface area contributed by atoms with Gasteiger partial charge in [-0.25, -0.2) is 9.97 Å². The number of carbonyl (C=O) groups excluding carboxylic acids is 2. The van der Waals surface area contributed by atoms with Crippen molar-refractivity contribution >= 4 is 23.6 Å². The van der Waals surface area contributed by atoms with Crippen LogP contribution in [0.4, 0.5) is 0 Å². The van der Waals surface area contributed by atoms with Crippen LogP contribution in [0.1, 0.15) is 61.8 Å². The first-order chi connectivity index (χ1) is 18.4. The normalized spacial score (nSPS) is 11.7. The number of nitrogens with zero attached hydrogens (tertiary/aromatic N) is 4. The van der Waals surface area contributed by atoms with Gasteiger partial charge >= 0.3 is 0 Å². The summed E-state index contributed by atoms with van der Waals surface area (Å²) in [6.07, 6.45) is 10.9. The van der Waals surface area contributed by atoms with E-state index < -0.39 is 6.04 Å². The van der Waals surface area contributed by atoms with Gasteiger partial charge in [-0.2, -0.15) is 4.98 Å². The zero-order valence-electron chi connectivity index (χ0n) is 22.3. The maximum atomic E-state index is 12.9. The summed E-state index contributed by atoms with van der Waals surface area (Å²) in [6.45, 7) is 6.35. The van der Waals surface area contributed by atoms with Crippen molar-refractivity contribution in [3.63, 3.8) is 0 Å². The number of aromatic nitrogens is 4. The number of nitrogens with one attached hydrogen (secondary N) is 2. The first-order valence-corrected chi connectivity index (χ1v) is 13.9. The van der Waals surface area contributed by atoms with E-state index in [2.05, 4.69) is 32.5 Å². The van der Waals surface area contributed by atoms with E-state index in [0.717, 1.165) is 36.8 Å². The summed E-state index contributed by atoms with van der Waals surface area (Å²) in [5.41, 5.74) is 3.10. The molecular formula is C28H36N6O3S. The van der Waals surface area contributed by atoms with Crippen molar-refractivity contribution in [2.75, 3.05) is 6.54 Å². The number of amides is 2. The van der Waals surface area contributed by atoms with E-state index in [0.29, 0.717) is 29.4 Å². The van der Waals surface area contributed by atoms with Gasteiger partial charge in [0.15, 0.2) is 5.16 Å². The molecule has 2 amide bonds. The van der Waals surface area contributed by atoms with Crippen molar-refractivity contribution in [2.45, 2.75) is 76.4 Å². The average Bonchev–Trinajstić information content (AvgIpc) is 2.90. The highest BCUT2D eigenvalue weighted by molar-refractivity contribution is 7.98. The molecule has 9 nitrogen and oxygen atoms in total. The summed E-state index contributed by atoms with van der Waals surface area (Å²) < 4.78 is 1.67. The summed E-state index contributed by atoms with van der Waals surface area (Å²) in [6, 6.07) is 7.45. The standard InChI is InChI=1S/C28H36N6O3S/c1-4-5-6-7-12-31-26(36)21(3)32-25(35)17-34-16-24(13-23-14-29-19-30-15-23)27(37)33-28(34)38-18-22-10-8-20(2)9-11-22/h8-11,14-16,19,21H,4-7,12-13,17-18H2,1-3H3,(H,31,36)(H,32,35)/t21-/m0/s1. The fourth-order valence-corrected chi connectivity index (χ4v) is 4.69. The van der Waals surface area contributed by atoms with Crippen molar-refractivity contribution in [2.24, 2.45) is 0 Å². The van der Waals surface area contributed by atoms with Crippen molar-refractivity contribution in [1.82, 2.24) is 30.2 Å². The summed E-state index contributed by atoms with van der Waals surface area (Å²) in [5, 5.41) is 6.08. The van der Waals surface area contributed by atoms with Crippen molar-refractivity contribution < 1.29 is 9.59 Å². The number of hydrogen-bond acceptors (Lipinski definition) is 7. The molecule has 3 rings (SSSR count). The quantitative estimate of drug-likeness (QED) is 0.184. The Morgan fingerprint density at radius 1 is 1.05 bits per heavy atom. The molecule has 0 aliphatic rings. The number of rotatable bonds is 14. The van der Waals surface area contributed by atoms with Crippen molar-refractivity contribution in [1.29, 1.82) is 0 Å². The molecule has 10 heteroatoms. The Kier molecular flexibility index (Phi) is 11.5. The van der Waals surface area contributed by atoms with Crippen molar-refractivity contribution in [3.05, 3.63) is 81.8 Å². The van der Waals surface area contributed by atoms with E-state index in [1.807, 2.05) is 31.2 Å². The Morgan fingerprint density at radius 2 is 1.79 bits per heavy atom. The van der Waals surface area contributed by atoms with E-state index >= 15 is 0 Å². The van der Waals surface area contributed by atoms with Crippen molar-refractivity contribution in [3.8, 4) is 0 Å². The molecule has 0 bridgehead atoms. The van der Waals surface area contributed by atoms with Gasteiger partial charge in [0.25, 0.3) is 5.56 Å². The van der Waals surface area contributed by atoms with Gasteiger partial charge in [0.2, 0.25) is 11.8 Å². The Hall–Kier alpha value is -3.53. The van der Waals surface area contributed by atoms with E-state index in [4.69, 9.17) is 0 Å². The summed E-state index contributed by atoms with van der Waals surface area (Å²) >= 11 is 1.39. The molecule has 1 atom stereocenters. The smallest absolute Gasteiger partial charge is 0.277 e. The van der Waals surface area contributed by atoms with Gasteiger partial charge in [-0.1, -0.05) is 67.8 Å². The third kappa shape index (κ3) is 9.41. The minimum Gasteiger partial charge on any atom is -0.354 e. The molecule has 0 saturated heterocycles. The molecule has 0 spiro atoms. The van der Waals surface area contributed by atoms with Crippen LogP contribution in [0.15, 0.2) is 59.1 Å². The number of aryl methyl sites for hydroxylation is 1. The largest absolute Gasteiger partial charge is 0.354 e. The third-order valence-electron chi connectivity index (χ3n) is 5.94. The van der Waals surface area contributed by atoms with Crippen LogP contribution in [-0.2, 0) is 28.3 Å². The predicted octanol–water partition coefficient (Wildman–Crippen LogP) is 3.43. The lowest BCUT2D eigenvalue weighted by molar-refractivity contribution is -0.128. The van der Waals surface area contributed by atoms with E-state index in [1.54, 1.807) is 30.1 Å². The maximum absolute atomic E-state index is 12.9. The molecule has 3 aromatic rings. The van der Waals surface area contributed by atoms with Gasteiger partial charge in [0, 0.05) is 42.9 Å². The monoisotopic (exact) mass is 536 g/mol. The Labute approximate surface area is 227 Å². The number of carbonyl (C=O) groups is 2. The first kappa shape index (κ1) is 29.0. The average molecular weight is 537 g/mol. The zero-order valence-corrected chi connectivity index (χ0v) is 23.1. The second-order valence-electron chi connectivity index (χ2n) is 9.32. The van der Waals surface area contributed by atoms with E-state index in [-0.39, 0.29) is 23.9 Å². The highest BCUT2D eigenvalue weighted by Crippen LogP contribution is 2.21. The number of hydrogen-bond donors (Lipinski definition) is 2. The lowest BCUT2D eigenvalue weighted by Gasteiger charge is -2.17. The summed E-state index contributed by atoms with van der Waals surface area (Å²) in [4.78, 5) is 50.5. The molecule has 0 fully saturated rings. The second-order valence-corrected chi connectivity index (χ2v) is 10.3. The lowest BCUT2D eigenvalue weighted by Crippen LogP contribution is -2.46. The van der Waals surface area contributed by atoms with Gasteiger partial charge < -0.3 is 15.2 Å². The molecule has 0 aliphatic heterocycles. The maximum Gasteiger partial charge on any atom is 0.277 e. The molecule has 0 radical (unpaired) electrons. The third-order valence-corrected chi connectivity index (χ3v) is 7.00. The van der Waals surface area contributed by atoms with Crippen LogP contribution in [0.3, 0.4) is 0 Å². The zero-order chi connectivity index (χ0) is 27.3.